The van der Waals surface area contributed by atoms with E-state index in [-0.39, 0.29) is 19.8 Å². The minimum atomic E-state index is -0.942. The van der Waals surface area contributed by atoms with Gasteiger partial charge < -0.3 is 25.3 Å². The molecule has 0 aromatic rings. The van der Waals surface area contributed by atoms with E-state index in [1.807, 2.05) is 0 Å². The van der Waals surface area contributed by atoms with Gasteiger partial charge in [-0.2, -0.15) is 0 Å². The molecule has 0 saturated heterocycles. The van der Waals surface area contributed by atoms with Crippen LogP contribution < -0.4 is 11.1 Å². The summed E-state index contributed by atoms with van der Waals surface area (Å²) >= 11 is 0. The largest absolute Gasteiger partial charge is 0.461 e. The first-order valence-electron chi connectivity index (χ1n) is 5.11. The monoisotopic (exact) mass is 260 g/mol. The number of hydrogen-bond acceptors (Lipinski definition) is 6. The van der Waals surface area contributed by atoms with Gasteiger partial charge in [0.1, 0.15) is 19.3 Å². The average molecular weight is 260 g/mol. The van der Waals surface area contributed by atoms with Gasteiger partial charge in [0.25, 0.3) is 0 Å². The molecule has 0 fully saturated rings. The van der Waals surface area contributed by atoms with Crippen molar-refractivity contribution in [3.05, 3.63) is 12.7 Å². The van der Waals surface area contributed by atoms with Crippen LogP contribution in [0.1, 0.15) is 6.92 Å². The summed E-state index contributed by atoms with van der Waals surface area (Å²) in [5.41, 5.74) is 4.74. The first kappa shape index (κ1) is 15.8. The molecule has 2 amide bonds. The normalized spacial score (nSPS) is 10.9. The quantitative estimate of drug-likeness (QED) is 0.286. The highest BCUT2D eigenvalue weighted by Gasteiger charge is 2.10. The minimum Gasteiger partial charge on any atom is -0.461 e. The number of rotatable bonds is 7. The summed E-state index contributed by atoms with van der Waals surface area (Å²) in [4.78, 5) is 32.1. The lowest BCUT2D eigenvalue weighted by Gasteiger charge is -2.13. The van der Waals surface area contributed by atoms with Gasteiger partial charge in [0.15, 0.2) is 0 Å². The number of carbonyl (C=O) groups is 3. The van der Waals surface area contributed by atoms with Crippen LogP contribution in [-0.2, 0) is 19.0 Å². The molecule has 0 aliphatic rings. The predicted molar refractivity (Wildman–Crippen MR) is 60.6 cm³/mol. The third-order valence-corrected chi connectivity index (χ3v) is 1.55. The summed E-state index contributed by atoms with van der Waals surface area (Å²) in [5.74, 6) is -0.576. The molecule has 18 heavy (non-hydrogen) atoms. The van der Waals surface area contributed by atoms with Gasteiger partial charge in [-0.3, -0.25) is 0 Å². The van der Waals surface area contributed by atoms with Gasteiger partial charge in [0.05, 0.1) is 6.54 Å². The minimum absolute atomic E-state index is 0.00607. The molecule has 0 aliphatic carbocycles. The fraction of sp³-hybridized carbons (Fsp3) is 0.500. The fourth-order valence-electron chi connectivity index (χ4n) is 0.822. The van der Waals surface area contributed by atoms with Gasteiger partial charge >= 0.3 is 18.2 Å². The Morgan fingerprint density at radius 3 is 2.61 bits per heavy atom. The Labute approximate surface area is 104 Å². The first-order chi connectivity index (χ1) is 8.45. The zero-order chi connectivity index (χ0) is 14.0. The number of nitrogens with one attached hydrogen (secondary N) is 1. The molecule has 3 N–H and O–H groups in total. The van der Waals surface area contributed by atoms with E-state index < -0.39 is 24.3 Å². The molecule has 0 saturated carbocycles. The Bertz CT molecular complexity index is 317. The number of alkyl carbamates (subject to hydrolysis) is 1. The molecular weight excluding hydrogens is 244 g/mol. The number of hydrogen-bond donors (Lipinski definition) is 2. The van der Waals surface area contributed by atoms with E-state index in [0.29, 0.717) is 0 Å². The smallest absolute Gasteiger partial charge is 0.407 e. The predicted octanol–water partition coefficient (Wildman–Crippen LogP) is -0.0744. The van der Waals surface area contributed by atoms with Crippen molar-refractivity contribution in [2.45, 2.75) is 13.0 Å². The number of amides is 2. The number of nitrogens with two attached hydrogens (primary N) is 1. The van der Waals surface area contributed by atoms with Crippen molar-refractivity contribution < 1.29 is 28.6 Å². The van der Waals surface area contributed by atoms with Crippen molar-refractivity contribution in [2.75, 3.05) is 19.8 Å². The second-order valence-corrected chi connectivity index (χ2v) is 3.14. The molecule has 102 valence electrons. The molecule has 0 aromatic heterocycles. The van der Waals surface area contributed by atoms with E-state index in [1.54, 1.807) is 0 Å². The lowest BCUT2D eigenvalue weighted by atomic mass is 10.4. The van der Waals surface area contributed by atoms with Gasteiger partial charge in [-0.25, -0.2) is 14.4 Å². The summed E-state index contributed by atoms with van der Waals surface area (Å²) in [6.45, 7) is 4.71. The van der Waals surface area contributed by atoms with Crippen molar-refractivity contribution in [3.63, 3.8) is 0 Å². The van der Waals surface area contributed by atoms with Crippen LogP contribution in [0.5, 0.6) is 0 Å². The van der Waals surface area contributed by atoms with Crippen molar-refractivity contribution >= 4 is 18.2 Å². The molecule has 0 radical (unpaired) electrons. The standard InChI is InChI=1S/C10H16N2O6/c1-3-8(13)16-5-4-12-10(15)18-7(2)6-17-9(11)14/h3,7H,1,4-6H2,2H3,(H2,11,14)(H,12,15). The van der Waals surface area contributed by atoms with Crippen LogP contribution in [0.3, 0.4) is 0 Å². The van der Waals surface area contributed by atoms with Gasteiger partial charge in [-0.1, -0.05) is 6.58 Å². The molecule has 8 heteroatoms. The third kappa shape index (κ3) is 9.01. The van der Waals surface area contributed by atoms with E-state index in [0.717, 1.165) is 6.08 Å². The van der Waals surface area contributed by atoms with Crippen LogP contribution >= 0.6 is 0 Å². The van der Waals surface area contributed by atoms with Gasteiger partial charge in [-0.15, -0.1) is 0 Å². The summed E-state index contributed by atoms with van der Waals surface area (Å²) in [6, 6.07) is 0. The van der Waals surface area contributed by atoms with Crippen molar-refractivity contribution in [1.29, 1.82) is 0 Å². The fourth-order valence-corrected chi connectivity index (χ4v) is 0.822. The Morgan fingerprint density at radius 2 is 2.06 bits per heavy atom. The molecule has 0 heterocycles. The summed E-state index contributed by atoms with van der Waals surface area (Å²) < 4.78 is 13.8. The van der Waals surface area contributed by atoms with E-state index in [2.05, 4.69) is 21.4 Å². The van der Waals surface area contributed by atoms with Crippen molar-refractivity contribution in [2.24, 2.45) is 5.73 Å². The number of carbonyl (C=O) groups excluding carboxylic acids is 3. The van der Waals surface area contributed by atoms with Crippen LogP contribution in [0, 0.1) is 0 Å². The molecule has 0 spiro atoms. The molecule has 1 atom stereocenters. The van der Waals surface area contributed by atoms with E-state index in [9.17, 15) is 14.4 Å². The molecule has 8 nitrogen and oxygen atoms in total. The molecule has 1 unspecified atom stereocenters. The summed E-state index contributed by atoms with van der Waals surface area (Å²) in [7, 11) is 0. The lowest BCUT2D eigenvalue weighted by molar-refractivity contribution is -0.137. The Kier molecular flexibility index (Phi) is 7.74. The molecule has 0 aromatic carbocycles. The Morgan fingerprint density at radius 1 is 1.39 bits per heavy atom. The van der Waals surface area contributed by atoms with E-state index in [4.69, 9.17) is 10.5 Å². The summed E-state index contributed by atoms with van der Waals surface area (Å²) in [6.07, 6.45) is -1.28. The van der Waals surface area contributed by atoms with Crippen LogP contribution in [0.15, 0.2) is 12.7 Å². The summed E-state index contributed by atoms with van der Waals surface area (Å²) in [5, 5.41) is 2.34. The average Bonchev–Trinajstić information content (AvgIpc) is 2.31. The highest BCUT2D eigenvalue weighted by Crippen LogP contribution is 1.92. The Balaban J connectivity index is 3.61. The second kappa shape index (κ2) is 8.85. The van der Waals surface area contributed by atoms with Crippen LogP contribution in [-0.4, -0.2) is 44.0 Å². The molecule has 0 aliphatic heterocycles. The third-order valence-electron chi connectivity index (χ3n) is 1.55. The molecular formula is C10H16N2O6. The lowest BCUT2D eigenvalue weighted by Crippen LogP contribution is -2.33. The molecule has 0 bridgehead atoms. The zero-order valence-electron chi connectivity index (χ0n) is 10.0. The van der Waals surface area contributed by atoms with Gasteiger partial charge in [-0.05, 0) is 6.92 Å². The van der Waals surface area contributed by atoms with Crippen LogP contribution in [0.4, 0.5) is 9.59 Å². The van der Waals surface area contributed by atoms with Gasteiger partial charge in [0, 0.05) is 6.08 Å². The maximum atomic E-state index is 11.1. The van der Waals surface area contributed by atoms with Gasteiger partial charge in [0.2, 0.25) is 0 Å². The number of ether oxygens (including phenoxy) is 3. The van der Waals surface area contributed by atoms with Crippen LogP contribution in [0.2, 0.25) is 0 Å². The Hall–Kier alpha value is -2.25. The van der Waals surface area contributed by atoms with Crippen molar-refractivity contribution in [3.8, 4) is 0 Å². The second-order valence-electron chi connectivity index (χ2n) is 3.14. The number of esters is 1. The van der Waals surface area contributed by atoms with Crippen molar-refractivity contribution in [1.82, 2.24) is 5.32 Å². The SMILES string of the molecule is C=CC(=O)OCCNC(=O)OC(C)COC(N)=O. The zero-order valence-corrected chi connectivity index (χ0v) is 10.0. The topological polar surface area (TPSA) is 117 Å². The number of primary amides is 1. The molecule has 0 rings (SSSR count). The maximum absolute atomic E-state index is 11.1. The maximum Gasteiger partial charge on any atom is 0.407 e. The van der Waals surface area contributed by atoms with E-state index in [1.165, 1.54) is 6.92 Å². The van der Waals surface area contributed by atoms with E-state index >= 15 is 0 Å². The highest BCUT2D eigenvalue weighted by atomic mass is 16.6. The highest BCUT2D eigenvalue weighted by molar-refractivity contribution is 5.81. The first-order valence-corrected chi connectivity index (χ1v) is 5.11. The van der Waals surface area contributed by atoms with Crippen LogP contribution in [0.25, 0.3) is 0 Å².